The zero-order valence-corrected chi connectivity index (χ0v) is 8.87. The molecule has 0 aromatic heterocycles. The summed E-state index contributed by atoms with van der Waals surface area (Å²) in [6.45, 7) is 5.71. The number of esters is 1. The predicted molar refractivity (Wildman–Crippen MR) is 55.9 cm³/mol. The average molecular weight is 200 g/mol. The second-order valence-electron chi connectivity index (χ2n) is 3.28. The van der Waals surface area contributed by atoms with Crippen LogP contribution in [0.5, 0.6) is 0 Å². The molecule has 1 atom stereocenters. The zero-order chi connectivity index (χ0) is 10.8. The van der Waals surface area contributed by atoms with Crippen molar-refractivity contribution < 1.29 is 14.6 Å². The fourth-order valence-electron chi connectivity index (χ4n) is 1.12. The van der Waals surface area contributed by atoms with Crippen molar-refractivity contribution >= 4 is 5.97 Å². The van der Waals surface area contributed by atoms with Gasteiger partial charge in [-0.2, -0.15) is 0 Å². The predicted octanol–water partition coefficient (Wildman–Crippen LogP) is 2.05. The van der Waals surface area contributed by atoms with E-state index < -0.39 is 12.1 Å². The molecule has 14 heavy (non-hydrogen) atoms. The molecule has 0 saturated carbocycles. The van der Waals surface area contributed by atoms with Crippen molar-refractivity contribution in [3.05, 3.63) is 12.7 Å². The maximum absolute atomic E-state index is 11.0. The lowest BCUT2D eigenvalue weighted by atomic mass is 10.1. The van der Waals surface area contributed by atoms with Crippen LogP contribution in [0, 0.1) is 0 Å². The standard InChI is InChI=1S/C11H20O3/c1-3-5-6-7-8-10(12)11(13)14-9-4-2/h4,10,12H,2-3,5-9H2,1H3. The normalized spacial score (nSPS) is 12.1. The Labute approximate surface area is 85.8 Å². The van der Waals surface area contributed by atoms with Gasteiger partial charge in [-0.15, -0.1) is 0 Å². The van der Waals surface area contributed by atoms with E-state index in [4.69, 9.17) is 4.74 Å². The Morgan fingerprint density at radius 3 is 2.79 bits per heavy atom. The van der Waals surface area contributed by atoms with Crippen molar-refractivity contribution in [1.82, 2.24) is 0 Å². The summed E-state index contributed by atoms with van der Waals surface area (Å²) in [5.41, 5.74) is 0. The van der Waals surface area contributed by atoms with Gasteiger partial charge in [-0.3, -0.25) is 0 Å². The van der Waals surface area contributed by atoms with Gasteiger partial charge < -0.3 is 9.84 Å². The van der Waals surface area contributed by atoms with E-state index in [1.54, 1.807) is 0 Å². The van der Waals surface area contributed by atoms with Crippen LogP contribution in [-0.4, -0.2) is 23.8 Å². The average Bonchev–Trinajstić information content (AvgIpc) is 2.20. The number of ether oxygens (including phenoxy) is 1. The van der Waals surface area contributed by atoms with Crippen molar-refractivity contribution in [3.63, 3.8) is 0 Å². The molecule has 0 heterocycles. The van der Waals surface area contributed by atoms with Gasteiger partial charge in [-0.05, 0) is 6.42 Å². The number of aliphatic hydroxyl groups excluding tert-OH is 1. The van der Waals surface area contributed by atoms with E-state index >= 15 is 0 Å². The zero-order valence-electron chi connectivity index (χ0n) is 8.87. The molecule has 3 nitrogen and oxygen atoms in total. The van der Waals surface area contributed by atoms with E-state index in [0.29, 0.717) is 6.42 Å². The molecule has 0 aromatic rings. The van der Waals surface area contributed by atoms with Gasteiger partial charge in [-0.25, -0.2) is 4.79 Å². The number of carbonyl (C=O) groups excluding carboxylic acids is 1. The van der Waals surface area contributed by atoms with Gasteiger partial charge in [0.25, 0.3) is 0 Å². The third kappa shape index (κ3) is 6.66. The van der Waals surface area contributed by atoms with Gasteiger partial charge >= 0.3 is 5.97 Å². The van der Waals surface area contributed by atoms with Gasteiger partial charge in [-0.1, -0.05) is 45.3 Å². The number of hydrogen-bond acceptors (Lipinski definition) is 3. The van der Waals surface area contributed by atoms with Crippen LogP contribution in [0.15, 0.2) is 12.7 Å². The van der Waals surface area contributed by atoms with Crippen LogP contribution in [-0.2, 0) is 9.53 Å². The molecule has 1 unspecified atom stereocenters. The largest absolute Gasteiger partial charge is 0.460 e. The summed E-state index contributed by atoms with van der Waals surface area (Å²) in [5.74, 6) is -0.540. The van der Waals surface area contributed by atoms with Gasteiger partial charge in [0.1, 0.15) is 6.61 Å². The third-order valence-corrected chi connectivity index (χ3v) is 1.95. The Balaban J connectivity index is 3.46. The number of rotatable bonds is 8. The molecule has 0 aliphatic rings. The molecule has 0 aliphatic carbocycles. The third-order valence-electron chi connectivity index (χ3n) is 1.95. The molecule has 0 radical (unpaired) electrons. The lowest BCUT2D eigenvalue weighted by Gasteiger charge is -2.08. The molecule has 0 spiro atoms. The highest BCUT2D eigenvalue weighted by molar-refractivity contribution is 5.74. The molecule has 3 heteroatoms. The van der Waals surface area contributed by atoms with Gasteiger partial charge in [0.15, 0.2) is 6.10 Å². The van der Waals surface area contributed by atoms with Crippen LogP contribution in [0.4, 0.5) is 0 Å². The van der Waals surface area contributed by atoms with Gasteiger partial charge in [0.2, 0.25) is 0 Å². The molecule has 0 aliphatic heterocycles. The first-order chi connectivity index (χ1) is 6.72. The van der Waals surface area contributed by atoms with Crippen LogP contribution in [0.25, 0.3) is 0 Å². The molecule has 0 aromatic carbocycles. The fourth-order valence-corrected chi connectivity index (χ4v) is 1.12. The minimum absolute atomic E-state index is 0.171. The minimum Gasteiger partial charge on any atom is -0.460 e. The van der Waals surface area contributed by atoms with E-state index in [2.05, 4.69) is 13.5 Å². The Bertz CT molecular complexity index is 166. The molecular formula is C11H20O3. The van der Waals surface area contributed by atoms with Crippen LogP contribution >= 0.6 is 0 Å². The molecule has 0 bridgehead atoms. The minimum atomic E-state index is -0.966. The molecule has 0 saturated heterocycles. The van der Waals surface area contributed by atoms with E-state index in [-0.39, 0.29) is 6.61 Å². The van der Waals surface area contributed by atoms with Crippen LogP contribution in [0.1, 0.15) is 39.0 Å². The van der Waals surface area contributed by atoms with Crippen molar-refractivity contribution in [2.45, 2.75) is 45.1 Å². The van der Waals surface area contributed by atoms with E-state index in [1.807, 2.05) is 0 Å². The highest BCUT2D eigenvalue weighted by Crippen LogP contribution is 2.06. The Morgan fingerprint density at radius 2 is 2.21 bits per heavy atom. The van der Waals surface area contributed by atoms with Crippen molar-refractivity contribution in [2.24, 2.45) is 0 Å². The Kier molecular flexibility index (Phi) is 8.24. The van der Waals surface area contributed by atoms with Crippen molar-refractivity contribution in [2.75, 3.05) is 6.61 Å². The first-order valence-electron chi connectivity index (χ1n) is 5.18. The second-order valence-corrected chi connectivity index (χ2v) is 3.28. The SMILES string of the molecule is C=CCOC(=O)C(O)CCCCCC. The number of aliphatic hydroxyl groups is 1. The highest BCUT2D eigenvalue weighted by Gasteiger charge is 2.14. The first-order valence-corrected chi connectivity index (χ1v) is 5.18. The van der Waals surface area contributed by atoms with E-state index in [0.717, 1.165) is 25.7 Å². The maximum Gasteiger partial charge on any atom is 0.335 e. The van der Waals surface area contributed by atoms with E-state index in [1.165, 1.54) is 6.08 Å². The summed E-state index contributed by atoms with van der Waals surface area (Å²) in [6, 6.07) is 0. The van der Waals surface area contributed by atoms with Crippen molar-refractivity contribution in [3.8, 4) is 0 Å². The molecular weight excluding hydrogens is 180 g/mol. The molecule has 0 fully saturated rings. The molecule has 0 rings (SSSR count). The smallest absolute Gasteiger partial charge is 0.335 e. The van der Waals surface area contributed by atoms with Crippen LogP contribution in [0.2, 0.25) is 0 Å². The van der Waals surface area contributed by atoms with Gasteiger partial charge in [0.05, 0.1) is 0 Å². The fraction of sp³-hybridized carbons (Fsp3) is 0.727. The molecule has 82 valence electrons. The lowest BCUT2D eigenvalue weighted by molar-refractivity contribution is -0.152. The van der Waals surface area contributed by atoms with E-state index in [9.17, 15) is 9.90 Å². The molecule has 1 N–H and O–H groups in total. The Morgan fingerprint density at radius 1 is 1.50 bits per heavy atom. The van der Waals surface area contributed by atoms with Crippen molar-refractivity contribution in [1.29, 1.82) is 0 Å². The lowest BCUT2D eigenvalue weighted by Crippen LogP contribution is -2.22. The quantitative estimate of drug-likeness (QED) is 0.370. The maximum atomic E-state index is 11.0. The van der Waals surface area contributed by atoms with Crippen LogP contribution in [0.3, 0.4) is 0 Å². The molecule has 0 amide bonds. The number of hydrogen-bond donors (Lipinski definition) is 1. The highest BCUT2D eigenvalue weighted by atomic mass is 16.5. The van der Waals surface area contributed by atoms with Crippen LogP contribution < -0.4 is 0 Å². The summed E-state index contributed by atoms with van der Waals surface area (Å²) < 4.78 is 4.70. The first kappa shape index (κ1) is 13.2. The summed E-state index contributed by atoms with van der Waals surface area (Å²) in [7, 11) is 0. The van der Waals surface area contributed by atoms with Gasteiger partial charge in [0, 0.05) is 0 Å². The topological polar surface area (TPSA) is 46.5 Å². The second kappa shape index (κ2) is 8.75. The number of carbonyl (C=O) groups is 1. The summed E-state index contributed by atoms with van der Waals surface area (Å²) in [5, 5.41) is 9.33. The Hall–Kier alpha value is -0.830. The summed E-state index contributed by atoms with van der Waals surface area (Å²) in [4.78, 5) is 11.0. The monoisotopic (exact) mass is 200 g/mol. The summed E-state index contributed by atoms with van der Waals surface area (Å²) in [6.07, 6.45) is 5.25. The number of unbranched alkanes of at least 4 members (excludes halogenated alkanes) is 3. The summed E-state index contributed by atoms with van der Waals surface area (Å²) >= 11 is 0.